The van der Waals surface area contributed by atoms with Gasteiger partial charge in [-0.05, 0) is 38.1 Å². The second kappa shape index (κ2) is 4.88. The topological polar surface area (TPSA) is 46.3 Å². The maximum atomic E-state index is 13.0. The predicted octanol–water partition coefficient (Wildman–Crippen LogP) is 1.62. The van der Waals surface area contributed by atoms with Crippen LogP contribution in [0.25, 0.3) is 0 Å². The van der Waals surface area contributed by atoms with Gasteiger partial charge in [0, 0.05) is 18.9 Å². The number of likely N-dealkylation sites (tertiary alicyclic amines) is 1. The van der Waals surface area contributed by atoms with E-state index in [-0.39, 0.29) is 31.3 Å². The Morgan fingerprint density at radius 2 is 1.94 bits per heavy atom. The van der Waals surface area contributed by atoms with E-state index in [4.69, 9.17) is 5.73 Å². The highest BCUT2D eigenvalue weighted by Crippen LogP contribution is 2.33. The molecule has 0 atom stereocenters. The van der Waals surface area contributed by atoms with Gasteiger partial charge in [0.05, 0.1) is 6.54 Å². The van der Waals surface area contributed by atoms with Crippen LogP contribution in [0.4, 0.5) is 8.78 Å². The molecule has 5 heteroatoms. The van der Waals surface area contributed by atoms with Gasteiger partial charge < -0.3 is 10.6 Å². The third-order valence-corrected chi connectivity index (χ3v) is 4.01. The lowest BCUT2D eigenvalue weighted by molar-refractivity contribution is -0.137. The number of nitrogens with two attached hydrogens (primary N) is 1. The lowest BCUT2D eigenvalue weighted by atomic mass is 9.81. The van der Waals surface area contributed by atoms with Crippen LogP contribution < -0.4 is 5.73 Å². The molecule has 3 nitrogen and oxygen atoms in total. The minimum absolute atomic E-state index is 0.0494. The van der Waals surface area contributed by atoms with Crippen molar-refractivity contribution < 1.29 is 13.6 Å². The highest BCUT2D eigenvalue weighted by Gasteiger charge is 2.42. The van der Waals surface area contributed by atoms with E-state index in [1.165, 1.54) is 4.90 Å². The van der Waals surface area contributed by atoms with E-state index in [0.717, 1.165) is 25.7 Å². The number of carbonyl (C=O) groups is 1. The molecule has 17 heavy (non-hydrogen) atoms. The maximum Gasteiger partial charge on any atom is 0.267 e. The summed E-state index contributed by atoms with van der Waals surface area (Å²) < 4.78 is 26.1. The first-order valence-electron chi connectivity index (χ1n) is 6.38. The summed E-state index contributed by atoms with van der Waals surface area (Å²) in [7, 11) is 0. The summed E-state index contributed by atoms with van der Waals surface area (Å²) in [4.78, 5) is 13.4. The van der Waals surface area contributed by atoms with Crippen molar-refractivity contribution in [2.45, 2.75) is 38.0 Å². The van der Waals surface area contributed by atoms with Crippen LogP contribution in [0, 0.1) is 11.8 Å². The quantitative estimate of drug-likeness (QED) is 0.804. The van der Waals surface area contributed by atoms with E-state index >= 15 is 0 Å². The summed E-state index contributed by atoms with van der Waals surface area (Å²) in [6.07, 6.45) is 3.34. The fourth-order valence-electron chi connectivity index (χ4n) is 2.83. The molecular weight excluding hydrogens is 226 g/mol. The molecular formula is C12H20F2N2O. The number of rotatable bonds is 2. The SMILES string of the molecule is NCC1CCC(C(=O)N2CCC(F)(F)C2)CC1. The van der Waals surface area contributed by atoms with Gasteiger partial charge in [-0.1, -0.05) is 0 Å². The molecule has 98 valence electrons. The zero-order chi connectivity index (χ0) is 12.5. The third-order valence-electron chi connectivity index (χ3n) is 4.01. The van der Waals surface area contributed by atoms with Crippen molar-refractivity contribution in [3.63, 3.8) is 0 Å². The lowest BCUT2D eigenvalue weighted by Gasteiger charge is -2.29. The average Bonchev–Trinajstić information content (AvgIpc) is 2.69. The van der Waals surface area contributed by atoms with Crippen molar-refractivity contribution in [1.29, 1.82) is 0 Å². The minimum atomic E-state index is -2.68. The molecule has 2 rings (SSSR count). The van der Waals surface area contributed by atoms with Crippen molar-refractivity contribution in [3.8, 4) is 0 Å². The first kappa shape index (κ1) is 12.7. The number of halogens is 2. The molecule has 0 radical (unpaired) electrons. The van der Waals surface area contributed by atoms with Gasteiger partial charge in [-0.2, -0.15) is 0 Å². The van der Waals surface area contributed by atoms with Crippen LogP contribution in [-0.4, -0.2) is 36.4 Å². The molecule has 2 fully saturated rings. The molecule has 0 unspecified atom stereocenters. The zero-order valence-corrected chi connectivity index (χ0v) is 10.0. The summed E-state index contributed by atoms with van der Waals surface area (Å²) in [5.74, 6) is -2.28. The van der Waals surface area contributed by atoms with Crippen LogP contribution >= 0.6 is 0 Å². The molecule has 1 aliphatic heterocycles. The van der Waals surface area contributed by atoms with E-state index in [9.17, 15) is 13.6 Å². The third kappa shape index (κ3) is 2.94. The van der Waals surface area contributed by atoms with Crippen molar-refractivity contribution in [1.82, 2.24) is 4.90 Å². The van der Waals surface area contributed by atoms with E-state index in [1.807, 2.05) is 0 Å². The highest BCUT2D eigenvalue weighted by molar-refractivity contribution is 5.79. The number of hydrogen-bond acceptors (Lipinski definition) is 2. The minimum Gasteiger partial charge on any atom is -0.336 e. The summed E-state index contributed by atoms with van der Waals surface area (Å²) in [5, 5.41) is 0. The van der Waals surface area contributed by atoms with Crippen LogP contribution in [0.2, 0.25) is 0 Å². The average molecular weight is 246 g/mol. The summed E-state index contributed by atoms with van der Waals surface area (Å²) in [6.45, 7) is 0.494. The Morgan fingerprint density at radius 3 is 2.41 bits per heavy atom. The zero-order valence-electron chi connectivity index (χ0n) is 10.0. The second-order valence-corrected chi connectivity index (χ2v) is 5.32. The van der Waals surface area contributed by atoms with Crippen molar-refractivity contribution in [2.75, 3.05) is 19.6 Å². The molecule has 1 saturated carbocycles. The van der Waals surface area contributed by atoms with Gasteiger partial charge in [0.2, 0.25) is 5.91 Å². The van der Waals surface area contributed by atoms with Gasteiger partial charge in [0.25, 0.3) is 5.92 Å². The van der Waals surface area contributed by atoms with Crippen molar-refractivity contribution >= 4 is 5.91 Å². The largest absolute Gasteiger partial charge is 0.336 e. The highest BCUT2D eigenvalue weighted by atomic mass is 19.3. The van der Waals surface area contributed by atoms with Gasteiger partial charge in [-0.15, -0.1) is 0 Å². The van der Waals surface area contributed by atoms with Crippen molar-refractivity contribution in [3.05, 3.63) is 0 Å². The number of carbonyl (C=O) groups excluding carboxylic acids is 1. The molecule has 1 amide bonds. The van der Waals surface area contributed by atoms with Crippen LogP contribution in [0.5, 0.6) is 0 Å². The van der Waals surface area contributed by atoms with Crippen LogP contribution in [0.1, 0.15) is 32.1 Å². The summed E-state index contributed by atoms with van der Waals surface area (Å²) in [6, 6.07) is 0. The van der Waals surface area contributed by atoms with Gasteiger partial charge in [-0.3, -0.25) is 4.79 Å². The summed E-state index contributed by atoms with van der Waals surface area (Å²) >= 11 is 0. The molecule has 0 spiro atoms. The maximum absolute atomic E-state index is 13.0. The van der Waals surface area contributed by atoms with E-state index < -0.39 is 5.92 Å². The fraction of sp³-hybridized carbons (Fsp3) is 0.917. The lowest BCUT2D eigenvalue weighted by Crippen LogP contribution is -2.38. The second-order valence-electron chi connectivity index (χ2n) is 5.32. The number of nitrogens with zero attached hydrogens (tertiary/aromatic N) is 1. The molecule has 0 bridgehead atoms. The van der Waals surface area contributed by atoms with Crippen LogP contribution in [-0.2, 0) is 4.79 Å². The van der Waals surface area contributed by atoms with Gasteiger partial charge in [-0.25, -0.2) is 8.78 Å². The van der Waals surface area contributed by atoms with E-state index in [1.54, 1.807) is 0 Å². The normalized spacial score (nSPS) is 32.8. The molecule has 1 aliphatic carbocycles. The number of amides is 1. The first-order valence-corrected chi connectivity index (χ1v) is 6.38. The van der Waals surface area contributed by atoms with Gasteiger partial charge >= 0.3 is 0 Å². The Bertz CT molecular complexity index is 288. The smallest absolute Gasteiger partial charge is 0.267 e. The Labute approximate surface area is 100 Å². The summed E-state index contributed by atoms with van der Waals surface area (Å²) in [5.41, 5.74) is 5.59. The first-order chi connectivity index (χ1) is 8.02. The molecule has 1 saturated heterocycles. The molecule has 2 aliphatic rings. The van der Waals surface area contributed by atoms with Crippen molar-refractivity contribution in [2.24, 2.45) is 17.6 Å². The molecule has 0 aromatic carbocycles. The Morgan fingerprint density at radius 1 is 1.29 bits per heavy atom. The Kier molecular flexibility index (Phi) is 3.66. The predicted molar refractivity (Wildman–Crippen MR) is 60.6 cm³/mol. The number of hydrogen-bond donors (Lipinski definition) is 1. The Hall–Kier alpha value is -0.710. The molecule has 2 N–H and O–H groups in total. The van der Waals surface area contributed by atoms with Crippen LogP contribution in [0.3, 0.4) is 0 Å². The molecule has 0 aromatic rings. The monoisotopic (exact) mass is 246 g/mol. The van der Waals surface area contributed by atoms with Gasteiger partial charge in [0.15, 0.2) is 0 Å². The van der Waals surface area contributed by atoms with Crippen LogP contribution in [0.15, 0.2) is 0 Å². The van der Waals surface area contributed by atoms with E-state index in [2.05, 4.69) is 0 Å². The van der Waals surface area contributed by atoms with E-state index in [0.29, 0.717) is 12.5 Å². The Balaban J connectivity index is 1.85. The molecule has 0 aromatic heterocycles. The standard InChI is InChI=1S/C12H20F2N2O/c13-12(14)5-6-16(8-12)11(17)10-3-1-9(7-15)2-4-10/h9-10H,1-8,15H2. The number of alkyl halides is 2. The fourth-order valence-corrected chi connectivity index (χ4v) is 2.83. The molecule has 1 heterocycles. The van der Waals surface area contributed by atoms with Gasteiger partial charge in [0.1, 0.15) is 0 Å².